The van der Waals surface area contributed by atoms with Crippen LogP contribution in [0.25, 0.3) is 0 Å². The Balaban J connectivity index is 1.75. The molecular weight excluding hydrogens is 552 g/mol. The van der Waals surface area contributed by atoms with Crippen molar-refractivity contribution in [3.05, 3.63) is 71.3 Å². The molecule has 1 unspecified atom stereocenters. The summed E-state index contributed by atoms with van der Waals surface area (Å²) in [5.74, 6) is -2.44. The fourth-order valence-corrected chi connectivity index (χ4v) is 4.77. The van der Waals surface area contributed by atoms with Crippen LogP contribution in [0, 0.1) is 0 Å². The van der Waals surface area contributed by atoms with Gasteiger partial charge in [0.05, 0.1) is 33.9 Å². The summed E-state index contributed by atoms with van der Waals surface area (Å²) in [5.41, 5.74) is 0.864. The first-order valence-electron chi connectivity index (χ1n) is 13.0. The molecule has 1 fully saturated rings. The van der Waals surface area contributed by atoms with Crippen molar-refractivity contribution >= 4 is 5.78 Å². The van der Waals surface area contributed by atoms with Gasteiger partial charge in [0.25, 0.3) is 0 Å². The molecule has 0 amide bonds. The number of aliphatic hydroxyl groups is 4. The number of carbonyl (C=O) groups excluding carboxylic acids is 1. The topological polar surface area (TPSA) is 185 Å². The van der Waals surface area contributed by atoms with Crippen LogP contribution < -0.4 is 18.9 Å². The van der Waals surface area contributed by atoms with Crippen LogP contribution in [0.3, 0.4) is 0 Å². The zero-order valence-corrected chi connectivity index (χ0v) is 23.2. The van der Waals surface area contributed by atoms with Gasteiger partial charge in [-0.3, -0.25) is 4.79 Å². The van der Waals surface area contributed by atoms with Crippen LogP contribution in [0.1, 0.15) is 27.4 Å². The summed E-state index contributed by atoms with van der Waals surface area (Å²) in [6.07, 6.45) is -7.99. The van der Waals surface area contributed by atoms with Crippen molar-refractivity contribution in [1.82, 2.24) is 0 Å². The SMILES string of the molecule is COc1ccc(CC(C(=O)c2c(O)cc(OC)c(O[C@@H]3O[C@H](CO)[C@@H](O)[C@H](O)[C@H]3O)c2O)c2ccc(OC)cc2)cc1. The summed E-state index contributed by atoms with van der Waals surface area (Å²) in [4.78, 5) is 14.1. The van der Waals surface area contributed by atoms with Crippen LogP contribution in [-0.4, -0.2) is 95.1 Å². The molecule has 6 atom stereocenters. The van der Waals surface area contributed by atoms with Crippen molar-refractivity contribution in [2.24, 2.45) is 0 Å². The largest absolute Gasteiger partial charge is 0.507 e. The molecule has 1 saturated heterocycles. The van der Waals surface area contributed by atoms with E-state index in [4.69, 9.17) is 23.7 Å². The van der Waals surface area contributed by atoms with E-state index in [9.17, 15) is 35.4 Å². The Morgan fingerprint density at radius 3 is 2.00 bits per heavy atom. The van der Waals surface area contributed by atoms with Gasteiger partial charge in [-0.05, 0) is 41.8 Å². The second-order valence-electron chi connectivity index (χ2n) is 9.71. The number of methoxy groups -OCH3 is 3. The van der Waals surface area contributed by atoms with Crippen LogP contribution in [0.5, 0.6) is 34.5 Å². The molecule has 0 spiro atoms. The molecule has 1 aliphatic heterocycles. The Morgan fingerprint density at radius 2 is 1.45 bits per heavy atom. The summed E-state index contributed by atoms with van der Waals surface area (Å²) >= 11 is 0. The van der Waals surface area contributed by atoms with Crippen LogP contribution in [0.4, 0.5) is 0 Å². The number of Topliss-reactive ketones (excluding diaryl/α,β-unsaturated/α-hetero) is 1. The van der Waals surface area contributed by atoms with Gasteiger partial charge in [0, 0.05) is 6.07 Å². The number of carbonyl (C=O) groups is 1. The maximum Gasteiger partial charge on any atom is 0.229 e. The van der Waals surface area contributed by atoms with Crippen LogP contribution in [0.2, 0.25) is 0 Å². The van der Waals surface area contributed by atoms with Crippen molar-refractivity contribution in [3.63, 3.8) is 0 Å². The Bertz CT molecular complexity index is 1360. The fourth-order valence-electron chi connectivity index (χ4n) is 4.77. The lowest BCUT2D eigenvalue weighted by molar-refractivity contribution is -0.277. The van der Waals surface area contributed by atoms with Crippen LogP contribution >= 0.6 is 0 Å². The summed E-state index contributed by atoms with van der Waals surface area (Å²) in [5, 5.41) is 62.4. The molecule has 0 radical (unpaired) electrons. The van der Waals surface area contributed by atoms with E-state index in [1.54, 1.807) is 48.5 Å². The van der Waals surface area contributed by atoms with Gasteiger partial charge in [0.2, 0.25) is 12.0 Å². The zero-order chi connectivity index (χ0) is 30.6. The number of aliphatic hydroxyl groups excluding tert-OH is 4. The third-order valence-corrected chi connectivity index (χ3v) is 7.18. The van der Waals surface area contributed by atoms with E-state index in [2.05, 4.69) is 0 Å². The van der Waals surface area contributed by atoms with Gasteiger partial charge >= 0.3 is 0 Å². The summed E-state index contributed by atoms with van der Waals surface area (Å²) < 4.78 is 26.7. The molecule has 6 N–H and O–H groups in total. The molecule has 0 aromatic heterocycles. The number of hydrogen-bond donors (Lipinski definition) is 6. The summed E-state index contributed by atoms with van der Waals surface area (Å²) in [6, 6.07) is 14.9. The van der Waals surface area contributed by atoms with Crippen molar-refractivity contribution in [2.75, 3.05) is 27.9 Å². The molecule has 12 heteroatoms. The third kappa shape index (κ3) is 6.22. The van der Waals surface area contributed by atoms with E-state index in [1.807, 2.05) is 0 Å². The normalized spacial score (nSPS) is 22.7. The van der Waals surface area contributed by atoms with E-state index in [0.29, 0.717) is 17.1 Å². The van der Waals surface area contributed by atoms with E-state index < -0.39 is 71.8 Å². The highest BCUT2D eigenvalue weighted by molar-refractivity contribution is 6.06. The number of hydrogen-bond acceptors (Lipinski definition) is 12. The molecular formula is C30H34O12. The third-order valence-electron chi connectivity index (χ3n) is 7.18. The van der Waals surface area contributed by atoms with E-state index in [0.717, 1.165) is 11.6 Å². The zero-order valence-electron chi connectivity index (χ0n) is 23.2. The minimum absolute atomic E-state index is 0.183. The van der Waals surface area contributed by atoms with Gasteiger partial charge in [-0.1, -0.05) is 24.3 Å². The number of benzene rings is 3. The highest BCUT2D eigenvalue weighted by Gasteiger charge is 2.45. The summed E-state index contributed by atoms with van der Waals surface area (Å²) in [7, 11) is 4.27. The summed E-state index contributed by atoms with van der Waals surface area (Å²) in [6.45, 7) is -0.706. The van der Waals surface area contributed by atoms with E-state index >= 15 is 0 Å². The lowest BCUT2D eigenvalue weighted by Gasteiger charge is -2.39. The van der Waals surface area contributed by atoms with Crippen molar-refractivity contribution in [1.29, 1.82) is 0 Å². The molecule has 42 heavy (non-hydrogen) atoms. The first-order chi connectivity index (χ1) is 20.1. The molecule has 0 aliphatic carbocycles. The van der Waals surface area contributed by atoms with Crippen molar-refractivity contribution in [2.45, 2.75) is 43.0 Å². The van der Waals surface area contributed by atoms with E-state index in [1.165, 1.54) is 21.3 Å². The number of phenolic OH excluding ortho intramolecular Hbond substituents is 2. The molecule has 3 aromatic rings. The number of phenols is 2. The minimum Gasteiger partial charge on any atom is -0.507 e. The standard InChI is InChI=1S/C30H34O12/c1-38-17-8-4-15(5-9-17)12-19(16-6-10-18(39-2)11-7-16)24(33)23-20(32)13-21(40-3)29(26(23)35)42-30-28(37)27(36)25(34)22(14-31)41-30/h4-11,13,19,22,25,27-28,30-32,34-37H,12,14H2,1-3H3/t19?,22-,25-,27+,28-,30+/m1/s1. The predicted molar refractivity (Wildman–Crippen MR) is 147 cm³/mol. The molecule has 0 bridgehead atoms. The molecule has 12 nitrogen and oxygen atoms in total. The predicted octanol–water partition coefficient (Wildman–Crippen LogP) is 1.51. The quantitative estimate of drug-likeness (QED) is 0.178. The molecule has 1 heterocycles. The maximum atomic E-state index is 14.1. The molecule has 1 aliphatic rings. The van der Waals surface area contributed by atoms with Crippen molar-refractivity contribution < 1.29 is 59.1 Å². The molecule has 0 saturated carbocycles. The number of ketones is 1. The Hall–Kier alpha value is -4.07. The van der Waals surface area contributed by atoms with E-state index in [-0.39, 0.29) is 12.2 Å². The highest BCUT2D eigenvalue weighted by Crippen LogP contribution is 2.47. The maximum absolute atomic E-state index is 14.1. The average Bonchev–Trinajstić information content (AvgIpc) is 3.01. The lowest BCUT2D eigenvalue weighted by Crippen LogP contribution is -2.60. The van der Waals surface area contributed by atoms with Gasteiger partial charge < -0.3 is 54.3 Å². The molecule has 226 valence electrons. The first kappa shape index (κ1) is 30.9. The van der Waals surface area contributed by atoms with Gasteiger partial charge in [0.1, 0.15) is 47.2 Å². The molecule has 3 aromatic carbocycles. The van der Waals surface area contributed by atoms with Crippen LogP contribution in [0.15, 0.2) is 54.6 Å². The molecule has 4 rings (SSSR count). The minimum atomic E-state index is -1.80. The second kappa shape index (κ2) is 13.3. The Morgan fingerprint density at radius 1 is 0.857 bits per heavy atom. The van der Waals surface area contributed by atoms with Gasteiger partial charge in [0.15, 0.2) is 17.3 Å². The average molecular weight is 587 g/mol. The van der Waals surface area contributed by atoms with Gasteiger partial charge in [-0.2, -0.15) is 0 Å². The Labute approximate surface area is 241 Å². The highest BCUT2D eigenvalue weighted by atomic mass is 16.7. The number of aromatic hydroxyl groups is 2. The Kier molecular flexibility index (Phi) is 9.76. The number of ether oxygens (including phenoxy) is 5. The van der Waals surface area contributed by atoms with Crippen LogP contribution in [-0.2, 0) is 11.2 Å². The lowest BCUT2D eigenvalue weighted by atomic mass is 9.84. The smallest absolute Gasteiger partial charge is 0.229 e. The first-order valence-corrected chi connectivity index (χ1v) is 13.0. The monoisotopic (exact) mass is 586 g/mol. The van der Waals surface area contributed by atoms with Gasteiger partial charge in [-0.25, -0.2) is 0 Å². The fraction of sp³-hybridized carbons (Fsp3) is 0.367. The second-order valence-corrected chi connectivity index (χ2v) is 9.71. The van der Waals surface area contributed by atoms with Crippen molar-refractivity contribution in [3.8, 4) is 34.5 Å². The number of rotatable bonds is 11. The van der Waals surface area contributed by atoms with Gasteiger partial charge in [-0.15, -0.1) is 0 Å².